The van der Waals surface area contributed by atoms with Gasteiger partial charge in [0.05, 0.1) is 17.1 Å². The highest BCUT2D eigenvalue weighted by Gasteiger charge is 2.14. The molecule has 5 nitrogen and oxygen atoms in total. The third-order valence-electron chi connectivity index (χ3n) is 3.85. The van der Waals surface area contributed by atoms with Gasteiger partial charge in [-0.1, -0.05) is 12.1 Å². The highest BCUT2D eigenvalue weighted by atomic mass is 32.2. The summed E-state index contributed by atoms with van der Waals surface area (Å²) in [5, 5.41) is 7.79. The summed E-state index contributed by atoms with van der Waals surface area (Å²) in [5.74, 6) is 0. The van der Waals surface area contributed by atoms with Crippen LogP contribution in [-0.4, -0.2) is 30.5 Å². The minimum absolute atomic E-state index is 0.240. The summed E-state index contributed by atoms with van der Waals surface area (Å²) in [7, 11) is -3.13. The van der Waals surface area contributed by atoms with Gasteiger partial charge in [-0.15, -0.1) is 0 Å². The van der Waals surface area contributed by atoms with Crippen LogP contribution in [0.4, 0.5) is 0 Å². The Morgan fingerprint density at radius 3 is 2.36 bits per heavy atom. The van der Waals surface area contributed by atoms with E-state index in [4.69, 9.17) is 0 Å². The molecule has 0 bridgehead atoms. The first-order valence-electron chi connectivity index (χ1n) is 7.30. The molecular formula is C16H23N3O2S. The Morgan fingerprint density at radius 1 is 1.23 bits per heavy atom. The molecule has 0 saturated heterocycles. The van der Waals surface area contributed by atoms with Crippen molar-refractivity contribution < 1.29 is 8.42 Å². The first-order chi connectivity index (χ1) is 10.3. The molecule has 6 heteroatoms. The predicted molar refractivity (Wildman–Crippen MR) is 87.5 cm³/mol. The van der Waals surface area contributed by atoms with E-state index in [1.807, 2.05) is 36.1 Å². The second-order valence-corrected chi connectivity index (χ2v) is 7.84. The second kappa shape index (κ2) is 6.62. The molecule has 1 aromatic carbocycles. The Morgan fingerprint density at radius 2 is 1.86 bits per heavy atom. The number of hydrogen-bond donors (Lipinski definition) is 1. The van der Waals surface area contributed by atoms with E-state index < -0.39 is 9.84 Å². The zero-order valence-electron chi connectivity index (χ0n) is 13.4. The standard InChI is InChI=1S/C16H23N3O2S/c1-12-9-18-19(11-12)14(3)13(2)17-10-15-5-7-16(8-6-15)22(4,20)21/h5-9,11,13-14,17H,10H2,1-4H3/t13-,14+/m0/s1. The van der Waals surface area contributed by atoms with Crippen molar-refractivity contribution in [1.29, 1.82) is 0 Å². The summed E-state index contributed by atoms with van der Waals surface area (Å²) in [5.41, 5.74) is 2.21. The molecule has 1 aromatic heterocycles. The van der Waals surface area contributed by atoms with E-state index in [0.29, 0.717) is 11.4 Å². The molecule has 0 amide bonds. The number of aryl methyl sites for hydroxylation is 1. The Hall–Kier alpha value is -1.66. The fourth-order valence-electron chi connectivity index (χ4n) is 2.19. The van der Waals surface area contributed by atoms with Crippen LogP contribution < -0.4 is 5.32 Å². The van der Waals surface area contributed by atoms with Crippen molar-refractivity contribution in [2.45, 2.75) is 44.3 Å². The minimum Gasteiger partial charge on any atom is -0.308 e. The molecule has 0 spiro atoms. The molecular weight excluding hydrogens is 298 g/mol. The molecule has 1 heterocycles. The Balaban J connectivity index is 1.95. The third-order valence-corrected chi connectivity index (χ3v) is 4.98. The van der Waals surface area contributed by atoms with Crippen molar-refractivity contribution in [3.05, 3.63) is 47.8 Å². The number of nitrogens with zero attached hydrogens (tertiary/aromatic N) is 2. The Labute approximate surface area is 132 Å². The fraction of sp³-hybridized carbons (Fsp3) is 0.438. The van der Waals surface area contributed by atoms with E-state index in [-0.39, 0.29) is 12.1 Å². The maximum atomic E-state index is 11.4. The normalized spacial score (nSPS) is 14.7. The molecule has 2 aromatic rings. The van der Waals surface area contributed by atoms with Gasteiger partial charge in [0.25, 0.3) is 0 Å². The average Bonchev–Trinajstić information content (AvgIpc) is 2.90. The maximum Gasteiger partial charge on any atom is 0.175 e. The van der Waals surface area contributed by atoms with Gasteiger partial charge in [0.1, 0.15) is 0 Å². The summed E-state index contributed by atoms with van der Waals surface area (Å²) >= 11 is 0. The van der Waals surface area contributed by atoms with Gasteiger partial charge in [-0.3, -0.25) is 4.68 Å². The lowest BCUT2D eigenvalue weighted by molar-refractivity contribution is 0.365. The zero-order valence-corrected chi connectivity index (χ0v) is 14.3. The lowest BCUT2D eigenvalue weighted by Gasteiger charge is -2.22. The first kappa shape index (κ1) is 16.7. The molecule has 0 radical (unpaired) electrons. The number of hydrogen-bond acceptors (Lipinski definition) is 4. The van der Waals surface area contributed by atoms with Crippen LogP contribution in [0.3, 0.4) is 0 Å². The van der Waals surface area contributed by atoms with Gasteiger partial charge in [0.15, 0.2) is 9.84 Å². The van der Waals surface area contributed by atoms with Crippen molar-refractivity contribution >= 4 is 9.84 Å². The van der Waals surface area contributed by atoms with Gasteiger partial charge in [-0.2, -0.15) is 5.10 Å². The SMILES string of the molecule is Cc1cnn([C@H](C)[C@H](C)NCc2ccc(S(C)(=O)=O)cc2)c1. The predicted octanol–water partition coefficient (Wildman–Crippen LogP) is 2.33. The van der Waals surface area contributed by atoms with Crippen LogP contribution in [0.25, 0.3) is 0 Å². The molecule has 0 aliphatic carbocycles. The van der Waals surface area contributed by atoms with Gasteiger partial charge >= 0.3 is 0 Å². The van der Waals surface area contributed by atoms with E-state index in [0.717, 1.165) is 11.1 Å². The largest absolute Gasteiger partial charge is 0.308 e. The van der Waals surface area contributed by atoms with Crippen LogP contribution in [0.15, 0.2) is 41.6 Å². The van der Waals surface area contributed by atoms with Crippen LogP contribution in [0.5, 0.6) is 0 Å². The summed E-state index contributed by atoms with van der Waals surface area (Å²) < 4.78 is 24.8. The van der Waals surface area contributed by atoms with E-state index in [1.165, 1.54) is 6.26 Å². The minimum atomic E-state index is -3.13. The monoisotopic (exact) mass is 321 g/mol. The molecule has 120 valence electrons. The first-order valence-corrected chi connectivity index (χ1v) is 9.19. The Kier molecular flexibility index (Phi) is 5.03. The molecule has 22 heavy (non-hydrogen) atoms. The average molecular weight is 321 g/mol. The zero-order chi connectivity index (χ0) is 16.3. The highest BCUT2D eigenvalue weighted by Crippen LogP contribution is 2.13. The molecule has 0 unspecified atom stereocenters. The lowest BCUT2D eigenvalue weighted by atomic mass is 10.1. The van der Waals surface area contributed by atoms with Crippen LogP contribution in [0.2, 0.25) is 0 Å². The number of sulfone groups is 1. The third kappa shape index (κ3) is 4.18. The van der Waals surface area contributed by atoms with Crippen molar-refractivity contribution in [3.63, 3.8) is 0 Å². The summed E-state index contributed by atoms with van der Waals surface area (Å²) in [4.78, 5) is 0.352. The van der Waals surface area contributed by atoms with Crippen molar-refractivity contribution in [1.82, 2.24) is 15.1 Å². The van der Waals surface area contributed by atoms with E-state index in [9.17, 15) is 8.42 Å². The molecule has 0 aliphatic heterocycles. The van der Waals surface area contributed by atoms with Gasteiger partial charge in [0.2, 0.25) is 0 Å². The van der Waals surface area contributed by atoms with Crippen molar-refractivity contribution in [2.24, 2.45) is 0 Å². The molecule has 2 atom stereocenters. The molecule has 0 saturated carbocycles. The topological polar surface area (TPSA) is 64.0 Å². The summed E-state index contributed by atoms with van der Waals surface area (Å²) in [6, 6.07) is 7.48. The van der Waals surface area contributed by atoms with Crippen molar-refractivity contribution in [3.8, 4) is 0 Å². The number of aromatic nitrogens is 2. The molecule has 1 N–H and O–H groups in total. The van der Waals surface area contributed by atoms with Crippen LogP contribution in [0, 0.1) is 6.92 Å². The quantitative estimate of drug-likeness (QED) is 0.887. The molecule has 0 aliphatic rings. The Bertz CT molecular complexity index is 720. The second-order valence-electron chi connectivity index (χ2n) is 5.82. The van der Waals surface area contributed by atoms with Gasteiger partial charge in [-0.25, -0.2) is 8.42 Å². The summed E-state index contributed by atoms with van der Waals surface area (Å²) in [6.07, 6.45) is 5.10. The van der Waals surface area contributed by atoms with Gasteiger partial charge in [0, 0.05) is 25.0 Å². The number of rotatable bonds is 6. The lowest BCUT2D eigenvalue weighted by Crippen LogP contribution is -2.33. The van der Waals surface area contributed by atoms with Gasteiger partial charge < -0.3 is 5.32 Å². The number of nitrogens with one attached hydrogen (secondary N) is 1. The maximum absolute atomic E-state index is 11.4. The molecule has 2 rings (SSSR count). The smallest absolute Gasteiger partial charge is 0.175 e. The van der Waals surface area contributed by atoms with Crippen LogP contribution in [0.1, 0.15) is 31.0 Å². The van der Waals surface area contributed by atoms with Crippen LogP contribution >= 0.6 is 0 Å². The summed E-state index contributed by atoms with van der Waals surface area (Å²) in [6.45, 7) is 6.96. The van der Waals surface area contributed by atoms with Gasteiger partial charge in [-0.05, 0) is 44.0 Å². The van der Waals surface area contributed by atoms with E-state index >= 15 is 0 Å². The molecule has 0 fully saturated rings. The number of benzene rings is 1. The highest BCUT2D eigenvalue weighted by molar-refractivity contribution is 7.90. The van der Waals surface area contributed by atoms with E-state index in [1.54, 1.807) is 12.1 Å². The fourth-order valence-corrected chi connectivity index (χ4v) is 2.82. The van der Waals surface area contributed by atoms with Crippen molar-refractivity contribution in [2.75, 3.05) is 6.26 Å². The van der Waals surface area contributed by atoms with Crippen LogP contribution in [-0.2, 0) is 16.4 Å². The van der Waals surface area contributed by atoms with E-state index in [2.05, 4.69) is 24.3 Å².